The maximum Gasteiger partial charge on any atom is -1.00 e. The van der Waals surface area contributed by atoms with Crippen molar-refractivity contribution in [2.24, 2.45) is 0 Å². The van der Waals surface area contributed by atoms with Gasteiger partial charge in [-0.15, -0.1) is 0 Å². The molecule has 0 bridgehead atoms. The number of rotatable bonds is 3. The molecule has 0 radical (unpaired) electrons. The Morgan fingerprint density at radius 3 is 2.39 bits per heavy atom. The van der Waals surface area contributed by atoms with Gasteiger partial charge in [-0.05, 0) is 0 Å². The molecule has 3 heteroatoms. The fourth-order valence-corrected chi connectivity index (χ4v) is 10.3. The van der Waals surface area contributed by atoms with Crippen LogP contribution in [0.25, 0.3) is 0 Å². The van der Waals surface area contributed by atoms with E-state index < -0.39 is 21.3 Å². The average Bonchev–Trinajstić information content (AvgIpc) is 2.88. The van der Waals surface area contributed by atoms with Gasteiger partial charge in [0.2, 0.25) is 0 Å². The molecule has 0 spiro atoms. The van der Waals surface area contributed by atoms with Crippen molar-refractivity contribution in [1.29, 1.82) is 0 Å². The van der Waals surface area contributed by atoms with Gasteiger partial charge in [0.15, 0.2) is 0 Å². The number of hydrogen-bond donors (Lipinski definition) is 0. The first-order valence-electron chi connectivity index (χ1n) is 6.16. The first-order chi connectivity index (χ1) is 7.74. The minimum atomic E-state index is -1.60. The van der Waals surface area contributed by atoms with Crippen LogP contribution in [0, 0.1) is 0 Å². The van der Waals surface area contributed by atoms with Gasteiger partial charge in [-0.3, -0.25) is 0 Å². The molecular weight excluding hydrogens is 342 g/mol. The molecule has 18 heavy (non-hydrogen) atoms. The van der Waals surface area contributed by atoms with Gasteiger partial charge in [0.25, 0.3) is 0 Å². The molecule has 0 N–H and O–H groups in total. The molecule has 0 heterocycles. The third kappa shape index (κ3) is 3.89. The largest absolute Gasteiger partial charge is 1.00 e. The van der Waals surface area contributed by atoms with Gasteiger partial charge in [0.05, 0.1) is 0 Å². The summed E-state index contributed by atoms with van der Waals surface area (Å²) in [5.74, 6) is 0. The standard InChI is InChI=1S/C7H9.C5H5.C3H6.2ClH.Zr/c1-2-7-5-3-4-6-7;1-2-4-5-3-1;1-3-2;;;/h3,5H,2,4H2,1H3;1-3H,4H2;1-2H3;2*1H;/q;;;;;+2/p-2. The summed E-state index contributed by atoms with van der Waals surface area (Å²) < 4.78 is 5.33. The van der Waals surface area contributed by atoms with Gasteiger partial charge in [0.1, 0.15) is 0 Å². The Morgan fingerprint density at radius 1 is 1.17 bits per heavy atom. The van der Waals surface area contributed by atoms with E-state index >= 15 is 0 Å². The minimum absolute atomic E-state index is 0. The Labute approximate surface area is 131 Å². The van der Waals surface area contributed by atoms with Gasteiger partial charge in [-0.1, -0.05) is 0 Å². The van der Waals surface area contributed by atoms with Crippen LogP contribution in [0.2, 0.25) is 0 Å². The summed E-state index contributed by atoms with van der Waals surface area (Å²) in [5.41, 5.74) is 1.64. The monoisotopic (exact) mass is 360 g/mol. The van der Waals surface area contributed by atoms with Crippen molar-refractivity contribution in [2.75, 3.05) is 0 Å². The van der Waals surface area contributed by atoms with E-state index in [-0.39, 0.29) is 24.8 Å². The zero-order valence-corrected chi connectivity index (χ0v) is 15.2. The Hall–Kier alpha value is 0.293. The van der Waals surface area contributed by atoms with Crippen LogP contribution in [0.3, 0.4) is 0 Å². The van der Waals surface area contributed by atoms with Crippen LogP contribution in [-0.4, -0.2) is 3.21 Å². The Balaban J connectivity index is 0.00000144. The molecule has 0 unspecified atom stereocenters. The molecule has 0 aliphatic heterocycles. The van der Waals surface area contributed by atoms with Crippen molar-refractivity contribution in [1.82, 2.24) is 0 Å². The fourth-order valence-electron chi connectivity index (χ4n) is 2.59. The summed E-state index contributed by atoms with van der Waals surface area (Å²) in [4.78, 5) is 0. The van der Waals surface area contributed by atoms with E-state index in [1.807, 2.05) is 3.28 Å². The van der Waals surface area contributed by atoms with Crippen molar-refractivity contribution in [3.63, 3.8) is 0 Å². The van der Waals surface area contributed by atoms with Crippen LogP contribution in [0.5, 0.6) is 0 Å². The van der Waals surface area contributed by atoms with E-state index in [0.717, 1.165) is 0 Å². The second-order valence-corrected chi connectivity index (χ2v) is 12.0. The Bertz CT molecular complexity index is 447. The van der Waals surface area contributed by atoms with Crippen molar-refractivity contribution in [3.8, 4) is 0 Å². The van der Waals surface area contributed by atoms with Crippen LogP contribution in [0.1, 0.15) is 40.0 Å². The molecule has 0 saturated carbocycles. The van der Waals surface area contributed by atoms with Crippen LogP contribution >= 0.6 is 0 Å². The van der Waals surface area contributed by atoms with Crippen LogP contribution < -0.4 is 24.8 Å². The molecule has 0 nitrogen and oxygen atoms in total. The van der Waals surface area contributed by atoms with E-state index in [1.54, 1.807) is 12.1 Å². The summed E-state index contributed by atoms with van der Waals surface area (Å²) >= 11 is -1.60. The average molecular weight is 362 g/mol. The predicted molar refractivity (Wildman–Crippen MR) is 69.3 cm³/mol. The van der Waals surface area contributed by atoms with Gasteiger partial charge >= 0.3 is 107 Å². The zero-order valence-electron chi connectivity index (χ0n) is 11.3. The van der Waals surface area contributed by atoms with Crippen molar-refractivity contribution >= 4 is 3.21 Å². The number of allylic oxidation sites excluding steroid dienone is 8. The van der Waals surface area contributed by atoms with E-state index in [2.05, 4.69) is 51.2 Å². The SMILES string of the molecule is CCC1=[C]([Zr+2]([C]2=CC=CC2)=[C](C)C)CC=C1.[Cl-].[Cl-]. The molecule has 2 aliphatic rings. The Kier molecular flexibility index (Phi) is 8.60. The van der Waals surface area contributed by atoms with Crippen molar-refractivity contribution in [3.05, 3.63) is 42.5 Å². The van der Waals surface area contributed by atoms with Gasteiger partial charge < -0.3 is 24.8 Å². The first kappa shape index (κ1) is 18.3. The summed E-state index contributed by atoms with van der Waals surface area (Å²) in [6, 6.07) is 0. The summed E-state index contributed by atoms with van der Waals surface area (Å²) in [6.45, 7) is 7.00. The number of hydrogen-bond acceptors (Lipinski definition) is 0. The molecule has 0 fully saturated rings. The maximum atomic E-state index is 2.39. The molecule has 0 amide bonds. The normalized spacial score (nSPS) is 15.8. The predicted octanol–water partition coefficient (Wildman–Crippen LogP) is -1.71. The summed E-state index contributed by atoms with van der Waals surface area (Å²) in [6.07, 6.45) is 15.3. The van der Waals surface area contributed by atoms with Crippen LogP contribution in [-0.2, 0) is 21.3 Å². The second-order valence-electron chi connectivity index (χ2n) is 4.66. The Morgan fingerprint density at radius 2 is 1.89 bits per heavy atom. The van der Waals surface area contributed by atoms with E-state index in [9.17, 15) is 0 Å². The third-order valence-electron chi connectivity index (χ3n) is 3.30. The second kappa shape index (κ2) is 8.46. The molecule has 2 rings (SSSR count). The zero-order chi connectivity index (χ0) is 11.5. The molecule has 0 saturated heterocycles. The van der Waals surface area contributed by atoms with E-state index in [1.165, 1.54) is 19.3 Å². The topological polar surface area (TPSA) is 0 Å². The molecule has 0 aromatic rings. The van der Waals surface area contributed by atoms with Crippen LogP contribution in [0.4, 0.5) is 0 Å². The van der Waals surface area contributed by atoms with E-state index in [4.69, 9.17) is 0 Å². The van der Waals surface area contributed by atoms with Gasteiger partial charge in [0, 0.05) is 0 Å². The fraction of sp³-hybridized carbons (Fsp3) is 0.400. The molecular formula is C15H20Cl2Zr. The maximum absolute atomic E-state index is 2.39. The molecule has 0 aromatic carbocycles. The summed E-state index contributed by atoms with van der Waals surface area (Å²) in [7, 11) is 0. The third-order valence-corrected chi connectivity index (χ3v) is 11.0. The summed E-state index contributed by atoms with van der Waals surface area (Å²) in [5, 5.41) is 0. The molecule has 0 aromatic heterocycles. The van der Waals surface area contributed by atoms with Gasteiger partial charge in [-0.25, -0.2) is 0 Å². The smallest absolute Gasteiger partial charge is 1.00 e. The molecule has 2 aliphatic carbocycles. The number of halogens is 2. The van der Waals surface area contributed by atoms with Gasteiger partial charge in [-0.2, -0.15) is 0 Å². The quantitative estimate of drug-likeness (QED) is 0.561. The van der Waals surface area contributed by atoms with Crippen molar-refractivity contribution in [2.45, 2.75) is 40.0 Å². The van der Waals surface area contributed by atoms with E-state index in [0.29, 0.717) is 0 Å². The molecule has 0 atom stereocenters. The first-order valence-corrected chi connectivity index (χ1v) is 9.85. The molecule has 98 valence electrons. The minimum Gasteiger partial charge on any atom is -1.00 e. The van der Waals surface area contributed by atoms with Crippen LogP contribution in [0.15, 0.2) is 42.5 Å². The van der Waals surface area contributed by atoms with Crippen molar-refractivity contribution < 1.29 is 46.1 Å².